The third kappa shape index (κ3) is 7.70. The first-order valence-electron chi connectivity index (χ1n) is 10.9. The Hall–Kier alpha value is -3.09. The number of hydrogen-bond donors (Lipinski definition) is 4. The highest BCUT2D eigenvalue weighted by Gasteiger charge is 2.25. The predicted octanol–water partition coefficient (Wildman–Crippen LogP) is 1.78. The molecule has 0 saturated carbocycles. The van der Waals surface area contributed by atoms with E-state index in [0.717, 1.165) is 0 Å². The average molecular weight is 522 g/mol. The topological polar surface area (TPSA) is 151 Å². The first-order chi connectivity index (χ1) is 16.7. The Kier molecular flexibility index (Phi) is 9.13. The molecule has 2 aromatic rings. The number of aliphatic carboxylic acids is 1. The first kappa shape index (κ1) is 26.5. The van der Waals surface area contributed by atoms with Gasteiger partial charge in [-0.3, -0.25) is 9.59 Å². The summed E-state index contributed by atoms with van der Waals surface area (Å²) in [6.07, 6.45) is 2.98. The van der Waals surface area contributed by atoms with Crippen LogP contribution in [0.3, 0.4) is 0 Å². The molecule has 35 heavy (non-hydrogen) atoms. The van der Waals surface area contributed by atoms with Crippen molar-refractivity contribution < 1.29 is 32.1 Å². The van der Waals surface area contributed by atoms with Crippen LogP contribution in [0.4, 0.5) is 0 Å². The van der Waals surface area contributed by atoms with E-state index in [1.807, 2.05) is 6.26 Å². The highest BCUT2D eigenvalue weighted by atomic mass is 32.2. The van der Waals surface area contributed by atoms with Crippen molar-refractivity contribution >= 4 is 39.8 Å². The van der Waals surface area contributed by atoms with Gasteiger partial charge < -0.3 is 19.9 Å². The van der Waals surface area contributed by atoms with E-state index >= 15 is 0 Å². The molecule has 1 saturated heterocycles. The number of carbonyl (C=O) groups excluding carboxylic acids is 2. The molecule has 0 aromatic heterocycles. The van der Waals surface area contributed by atoms with Gasteiger partial charge in [0.25, 0.3) is 5.91 Å². The molecular formula is C23H27N3O7S2. The normalized spacial score (nSPS) is 16.4. The second-order valence-electron chi connectivity index (χ2n) is 7.91. The molecule has 1 heterocycles. The smallest absolute Gasteiger partial charge is 0.382 e. The summed E-state index contributed by atoms with van der Waals surface area (Å²) in [6, 6.07) is 11.6. The quantitative estimate of drug-likeness (QED) is 0.330. The van der Waals surface area contributed by atoms with Crippen molar-refractivity contribution in [3.63, 3.8) is 0 Å². The molecule has 0 spiro atoms. The van der Waals surface area contributed by atoms with E-state index in [1.54, 1.807) is 30.3 Å². The molecule has 1 aliphatic rings. The lowest BCUT2D eigenvalue weighted by Gasteiger charge is -2.17. The predicted molar refractivity (Wildman–Crippen MR) is 132 cm³/mol. The second-order valence-corrected chi connectivity index (χ2v) is 10.3. The van der Waals surface area contributed by atoms with Crippen molar-refractivity contribution in [1.29, 1.82) is 0 Å². The Morgan fingerprint density at radius 1 is 1.23 bits per heavy atom. The van der Waals surface area contributed by atoms with Gasteiger partial charge in [-0.05, 0) is 54.2 Å². The number of rotatable bonds is 12. The van der Waals surface area contributed by atoms with E-state index in [4.69, 9.17) is 4.18 Å². The van der Waals surface area contributed by atoms with Gasteiger partial charge in [-0.2, -0.15) is 24.9 Å². The third-order valence-corrected chi connectivity index (χ3v) is 6.91. The Labute approximate surface area is 208 Å². The van der Waals surface area contributed by atoms with Crippen molar-refractivity contribution in [1.82, 2.24) is 15.4 Å². The molecule has 3 rings (SSSR count). The maximum atomic E-state index is 13.0. The number of nitrogens with one attached hydrogen (secondary N) is 3. The average Bonchev–Trinajstić information content (AvgIpc) is 3.25. The van der Waals surface area contributed by atoms with Crippen LogP contribution >= 0.6 is 11.8 Å². The molecule has 2 atom stereocenters. The number of carbonyl (C=O) groups is 3. The minimum Gasteiger partial charge on any atom is -0.480 e. The van der Waals surface area contributed by atoms with Crippen LogP contribution in [0.1, 0.15) is 29.6 Å². The maximum absolute atomic E-state index is 13.0. The standard InChI is InChI=1S/C23H27N3O7S2/c1-34-12-11-20(23(29)30)26-22(28)18-9-8-17(13-19(18)15-5-3-2-4-6-15)33-35(31,32)24-14-16-7-10-21(27)25-16/h2-6,8-9,13,16,20,24H,7,10-12,14H2,1H3,(H,25,27)(H,26,28)(H,29,30)/t16?,20-/m0/s1. The lowest BCUT2D eigenvalue weighted by Crippen LogP contribution is -2.41. The van der Waals surface area contributed by atoms with Crippen molar-refractivity contribution in [2.75, 3.05) is 18.6 Å². The fraction of sp³-hybridized carbons (Fsp3) is 0.348. The molecule has 0 aliphatic carbocycles. The lowest BCUT2D eigenvalue weighted by molar-refractivity contribution is -0.139. The molecule has 2 amide bonds. The summed E-state index contributed by atoms with van der Waals surface area (Å²) >= 11 is 1.47. The summed E-state index contributed by atoms with van der Waals surface area (Å²) in [5.74, 6) is -1.33. The molecule has 4 N–H and O–H groups in total. The molecule has 0 bridgehead atoms. The van der Waals surface area contributed by atoms with Crippen molar-refractivity contribution in [3.05, 3.63) is 54.1 Å². The van der Waals surface area contributed by atoms with E-state index in [2.05, 4.69) is 15.4 Å². The fourth-order valence-electron chi connectivity index (χ4n) is 3.55. The summed E-state index contributed by atoms with van der Waals surface area (Å²) in [6.45, 7) is -0.00721. The van der Waals surface area contributed by atoms with Gasteiger partial charge in [0.2, 0.25) is 5.91 Å². The van der Waals surface area contributed by atoms with E-state index < -0.39 is 28.2 Å². The number of hydrogen-bond acceptors (Lipinski definition) is 7. The van der Waals surface area contributed by atoms with Gasteiger partial charge in [0.1, 0.15) is 11.8 Å². The van der Waals surface area contributed by atoms with Gasteiger partial charge in [0, 0.05) is 24.6 Å². The number of carboxylic acids is 1. The fourth-order valence-corrected chi connectivity index (χ4v) is 4.84. The summed E-state index contributed by atoms with van der Waals surface area (Å²) in [4.78, 5) is 35.9. The van der Waals surface area contributed by atoms with E-state index in [9.17, 15) is 27.9 Å². The zero-order valence-corrected chi connectivity index (χ0v) is 20.7. The molecular weight excluding hydrogens is 494 g/mol. The van der Waals surface area contributed by atoms with Crippen LogP contribution in [0.15, 0.2) is 48.5 Å². The third-order valence-electron chi connectivity index (χ3n) is 5.33. The lowest BCUT2D eigenvalue weighted by atomic mass is 9.98. The van der Waals surface area contributed by atoms with Gasteiger partial charge in [0.05, 0.1) is 0 Å². The first-order valence-corrected chi connectivity index (χ1v) is 13.7. The molecule has 12 heteroatoms. The van der Waals surface area contributed by atoms with Gasteiger partial charge in [0.15, 0.2) is 0 Å². The maximum Gasteiger partial charge on any atom is 0.382 e. The minimum absolute atomic E-state index is 0.00721. The SMILES string of the molecule is CSCC[C@H](NC(=O)c1ccc(OS(=O)(=O)NCC2CCC(=O)N2)cc1-c1ccccc1)C(=O)O. The van der Waals surface area contributed by atoms with Crippen LogP contribution in [0.2, 0.25) is 0 Å². The van der Waals surface area contributed by atoms with Gasteiger partial charge in [-0.1, -0.05) is 30.3 Å². The number of benzene rings is 2. The zero-order chi connectivity index (χ0) is 25.4. The molecule has 1 aliphatic heterocycles. The van der Waals surface area contributed by atoms with Crippen LogP contribution in [0.5, 0.6) is 5.75 Å². The zero-order valence-electron chi connectivity index (χ0n) is 19.0. The van der Waals surface area contributed by atoms with Crippen molar-refractivity contribution in [3.8, 4) is 16.9 Å². The van der Waals surface area contributed by atoms with Crippen LogP contribution in [-0.4, -0.2) is 61.9 Å². The van der Waals surface area contributed by atoms with Crippen LogP contribution in [0, 0.1) is 0 Å². The summed E-state index contributed by atoms with van der Waals surface area (Å²) in [5.41, 5.74) is 1.18. The molecule has 10 nitrogen and oxygen atoms in total. The van der Waals surface area contributed by atoms with Gasteiger partial charge in [-0.25, -0.2) is 4.79 Å². The highest BCUT2D eigenvalue weighted by Crippen LogP contribution is 2.29. The van der Waals surface area contributed by atoms with Crippen LogP contribution in [-0.2, 0) is 19.9 Å². The number of thioether (sulfide) groups is 1. The second kappa shape index (κ2) is 12.0. The molecule has 188 valence electrons. The Balaban J connectivity index is 1.82. The number of carboxylic acid groups (broad SMARTS) is 1. The van der Waals surface area contributed by atoms with Crippen LogP contribution < -0.4 is 19.5 Å². The Morgan fingerprint density at radius 2 is 1.97 bits per heavy atom. The monoisotopic (exact) mass is 521 g/mol. The van der Waals surface area contributed by atoms with E-state index in [0.29, 0.717) is 29.7 Å². The molecule has 2 aromatic carbocycles. The van der Waals surface area contributed by atoms with Crippen molar-refractivity contribution in [2.24, 2.45) is 0 Å². The summed E-state index contributed by atoms with van der Waals surface area (Å²) < 4.78 is 32.4. The minimum atomic E-state index is -4.19. The Bertz CT molecular complexity index is 1170. The molecule has 1 fully saturated rings. The largest absolute Gasteiger partial charge is 0.480 e. The van der Waals surface area contributed by atoms with E-state index in [-0.39, 0.29) is 36.2 Å². The van der Waals surface area contributed by atoms with Gasteiger partial charge in [-0.15, -0.1) is 0 Å². The highest BCUT2D eigenvalue weighted by molar-refractivity contribution is 7.98. The Morgan fingerprint density at radius 3 is 2.60 bits per heavy atom. The number of amides is 2. The van der Waals surface area contributed by atoms with E-state index in [1.165, 1.54) is 30.0 Å². The van der Waals surface area contributed by atoms with Crippen LogP contribution in [0.25, 0.3) is 11.1 Å². The molecule has 0 radical (unpaired) electrons. The summed E-state index contributed by atoms with van der Waals surface area (Å²) in [7, 11) is -4.19. The summed E-state index contributed by atoms with van der Waals surface area (Å²) in [5, 5.41) is 14.7. The van der Waals surface area contributed by atoms with Gasteiger partial charge >= 0.3 is 16.3 Å². The molecule has 1 unspecified atom stereocenters. The van der Waals surface area contributed by atoms with Crippen molar-refractivity contribution in [2.45, 2.75) is 31.3 Å².